The van der Waals surface area contributed by atoms with Crippen molar-refractivity contribution in [2.75, 3.05) is 13.2 Å². The Morgan fingerprint density at radius 1 is 0.241 bits per heavy atom. The molecule has 0 aromatic rings. The highest BCUT2D eigenvalue weighted by atomic mass is 16.6. The van der Waals surface area contributed by atoms with Crippen molar-refractivity contribution in [1.82, 2.24) is 0 Å². The molecule has 0 fully saturated rings. The first kappa shape index (κ1) is 80.9. The van der Waals surface area contributed by atoms with E-state index < -0.39 is 6.10 Å². The van der Waals surface area contributed by atoms with E-state index in [1.807, 2.05) is 0 Å². The van der Waals surface area contributed by atoms with Gasteiger partial charge in [0.25, 0.3) is 0 Å². The highest BCUT2D eigenvalue weighted by Gasteiger charge is 2.20. The van der Waals surface area contributed by atoms with Crippen molar-refractivity contribution in [3.05, 3.63) is 24.3 Å². The van der Waals surface area contributed by atoms with E-state index >= 15 is 0 Å². The Morgan fingerprint density at radius 2 is 0.434 bits per heavy atom. The Labute approximate surface area is 519 Å². The fourth-order valence-corrected chi connectivity index (χ4v) is 11.8. The van der Waals surface area contributed by atoms with Crippen LogP contribution in [0.2, 0.25) is 0 Å². The van der Waals surface area contributed by atoms with Crippen molar-refractivity contribution < 1.29 is 28.6 Å². The van der Waals surface area contributed by atoms with Crippen LogP contribution in [0.3, 0.4) is 0 Å². The minimum Gasteiger partial charge on any atom is -0.462 e. The number of hydrogen-bond acceptors (Lipinski definition) is 6. The molecule has 0 aromatic heterocycles. The topological polar surface area (TPSA) is 78.9 Å². The largest absolute Gasteiger partial charge is 0.462 e. The first-order valence-electron chi connectivity index (χ1n) is 37.8. The zero-order valence-corrected chi connectivity index (χ0v) is 56.5. The second-order valence-corrected chi connectivity index (χ2v) is 25.9. The van der Waals surface area contributed by atoms with Gasteiger partial charge in [-0.15, -0.1) is 0 Å². The fraction of sp³-hybridized carbons (Fsp3) is 0.909. The minimum absolute atomic E-state index is 0.0707. The van der Waals surface area contributed by atoms with Gasteiger partial charge >= 0.3 is 17.9 Å². The molecule has 0 amide bonds. The molecule has 0 rings (SSSR count). The average molecular weight is 1170 g/mol. The summed E-state index contributed by atoms with van der Waals surface area (Å²) >= 11 is 0. The molecule has 0 aliphatic heterocycles. The number of ether oxygens (including phenoxy) is 3. The second kappa shape index (κ2) is 72.4. The molecule has 0 aliphatic carbocycles. The van der Waals surface area contributed by atoms with Crippen LogP contribution in [0.25, 0.3) is 0 Å². The fourth-order valence-electron chi connectivity index (χ4n) is 11.8. The van der Waals surface area contributed by atoms with Crippen molar-refractivity contribution in [1.29, 1.82) is 0 Å². The van der Waals surface area contributed by atoms with Crippen molar-refractivity contribution in [2.24, 2.45) is 0 Å². The molecule has 83 heavy (non-hydrogen) atoms. The summed E-state index contributed by atoms with van der Waals surface area (Å²) in [7, 11) is 0. The van der Waals surface area contributed by atoms with Crippen LogP contribution in [0.15, 0.2) is 24.3 Å². The normalized spacial score (nSPS) is 12.1. The minimum atomic E-state index is -0.776. The molecule has 0 radical (unpaired) electrons. The number of rotatable bonds is 71. The first-order valence-corrected chi connectivity index (χ1v) is 37.8. The monoisotopic (exact) mass is 1170 g/mol. The molecule has 0 saturated heterocycles. The standard InChI is InChI=1S/C77H146O6/c1-4-7-10-13-16-19-22-25-28-30-31-32-33-34-35-36-37-38-39-40-41-42-43-44-45-46-47-50-52-55-58-61-64-67-70-76(79)82-73-74(72-81-75(78)69-66-63-60-57-54-51-48-27-24-21-18-15-12-9-6-3)83-77(80)71-68-65-62-59-56-53-49-29-26-23-20-17-14-11-8-5-2/h20,23,29,49,74H,4-19,21-22,24-28,30-48,50-73H2,1-3H3/b23-20-,49-29-. The van der Waals surface area contributed by atoms with Gasteiger partial charge in [0, 0.05) is 19.3 Å². The molecule has 6 heteroatoms. The quantitative estimate of drug-likeness (QED) is 0.0261. The lowest BCUT2D eigenvalue weighted by Crippen LogP contribution is -2.30. The van der Waals surface area contributed by atoms with Crippen molar-refractivity contribution >= 4 is 17.9 Å². The molecule has 0 bridgehead atoms. The Bertz CT molecular complexity index is 1340. The summed E-state index contributed by atoms with van der Waals surface area (Å²) in [5, 5.41) is 0. The van der Waals surface area contributed by atoms with Crippen LogP contribution >= 0.6 is 0 Å². The van der Waals surface area contributed by atoms with Crippen LogP contribution in [0.1, 0.15) is 432 Å². The van der Waals surface area contributed by atoms with E-state index in [2.05, 4.69) is 45.1 Å². The van der Waals surface area contributed by atoms with Gasteiger partial charge in [0.05, 0.1) is 0 Å². The van der Waals surface area contributed by atoms with Gasteiger partial charge < -0.3 is 14.2 Å². The highest BCUT2D eigenvalue weighted by Crippen LogP contribution is 2.20. The van der Waals surface area contributed by atoms with Gasteiger partial charge in [0.1, 0.15) is 13.2 Å². The Morgan fingerprint density at radius 3 is 0.675 bits per heavy atom. The number of carbonyl (C=O) groups is 3. The molecule has 0 aromatic carbocycles. The maximum atomic E-state index is 12.9. The summed E-state index contributed by atoms with van der Waals surface area (Å²) in [6.45, 7) is 6.70. The molecule has 0 N–H and O–H groups in total. The molecular formula is C77H146O6. The van der Waals surface area contributed by atoms with Gasteiger partial charge in [-0.3, -0.25) is 14.4 Å². The van der Waals surface area contributed by atoms with Gasteiger partial charge in [-0.25, -0.2) is 0 Å². The third-order valence-electron chi connectivity index (χ3n) is 17.5. The average Bonchev–Trinajstić information content (AvgIpc) is 3.50. The van der Waals surface area contributed by atoms with Crippen molar-refractivity contribution in [3.8, 4) is 0 Å². The smallest absolute Gasteiger partial charge is 0.306 e. The Hall–Kier alpha value is -2.11. The van der Waals surface area contributed by atoms with Crippen LogP contribution in [0, 0.1) is 0 Å². The third-order valence-corrected chi connectivity index (χ3v) is 17.5. The lowest BCUT2D eigenvalue weighted by atomic mass is 10.0. The van der Waals surface area contributed by atoms with E-state index in [9.17, 15) is 14.4 Å². The molecule has 490 valence electrons. The predicted octanol–water partition coefficient (Wildman–Crippen LogP) is 26.1. The third kappa shape index (κ3) is 70.5. The lowest BCUT2D eigenvalue weighted by molar-refractivity contribution is -0.167. The number of allylic oxidation sites excluding steroid dienone is 4. The van der Waals surface area contributed by atoms with E-state index in [1.54, 1.807) is 0 Å². The zero-order chi connectivity index (χ0) is 59.9. The zero-order valence-electron chi connectivity index (χ0n) is 56.5. The molecular weight excluding hydrogens is 1020 g/mol. The molecule has 1 atom stereocenters. The van der Waals surface area contributed by atoms with Crippen molar-refractivity contribution in [2.45, 2.75) is 438 Å². The van der Waals surface area contributed by atoms with Gasteiger partial charge in [0.2, 0.25) is 0 Å². The molecule has 1 unspecified atom stereocenters. The van der Waals surface area contributed by atoms with Crippen LogP contribution in [-0.4, -0.2) is 37.2 Å². The van der Waals surface area contributed by atoms with Crippen LogP contribution < -0.4 is 0 Å². The molecule has 0 aliphatic rings. The summed E-state index contributed by atoms with van der Waals surface area (Å²) in [4.78, 5) is 38.4. The van der Waals surface area contributed by atoms with Gasteiger partial charge in [-0.2, -0.15) is 0 Å². The molecule has 0 heterocycles. The molecule has 0 spiro atoms. The second-order valence-electron chi connectivity index (χ2n) is 25.9. The molecule has 0 saturated carbocycles. The summed E-state index contributed by atoms with van der Waals surface area (Å²) in [6.07, 6.45) is 89.6. The number of carbonyl (C=O) groups excluding carboxylic acids is 3. The van der Waals surface area contributed by atoms with E-state index in [0.717, 1.165) is 77.0 Å². The summed E-state index contributed by atoms with van der Waals surface area (Å²) in [6, 6.07) is 0. The highest BCUT2D eigenvalue weighted by molar-refractivity contribution is 5.71. The van der Waals surface area contributed by atoms with Gasteiger partial charge in [0.15, 0.2) is 6.10 Å². The van der Waals surface area contributed by atoms with E-state index in [1.165, 1.54) is 315 Å². The number of hydrogen-bond donors (Lipinski definition) is 0. The van der Waals surface area contributed by atoms with E-state index in [-0.39, 0.29) is 31.1 Å². The van der Waals surface area contributed by atoms with Gasteiger partial charge in [-0.05, 0) is 51.4 Å². The maximum absolute atomic E-state index is 12.9. The van der Waals surface area contributed by atoms with Gasteiger partial charge in [-0.1, -0.05) is 385 Å². The summed E-state index contributed by atoms with van der Waals surface area (Å²) in [5.74, 6) is -0.851. The van der Waals surface area contributed by atoms with Crippen LogP contribution in [-0.2, 0) is 28.6 Å². The number of esters is 3. The summed E-state index contributed by atoms with van der Waals surface area (Å²) in [5.41, 5.74) is 0. The number of unbranched alkanes of at least 4 members (excludes halogenated alkanes) is 56. The summed E-state index contributed by atoms with van der Waals surface area (Å²) < 4.78 is 17.0. The molecule has 6 nitrogen and oxygen atoms in total. The Kier molecular flexibility index (Phi) is 70.5. The van der Waals surface area contributed by atoms with Crippen molar-refractivity contribution in [3.63, 3.8) is 0 Å². The maximum Gasteiger partial charge on any atom is 0.306 e. The first-order chi connectivity index (χ1) is 41.0. The van der Waals surface area contributed by atoms with E-state index in [4.69, 9.17) is 14.2 Å². The van der Waals surface area contributed by atoms with E-state index in [0.29, 0.717) is 19.3 Å². The van der Waals surface area contributed by atoms with Crippen LogP contribution in [0.4, 0.5) is 0 Å². The SMILES string of the molecule is CCCCCC/C=C\C/C=C\CCCCCCCC(=O)OC(COC(=O)CCCCCCCCCCCCCCCCC)COC(=O)CCCCCCCCCCCCCCCCCCCCCCCCCCCCCCCCCCCC. The Balaban J connectivity index is 4.09. The van der Waals surface area contributed by atoms with Crippen LogP contribution in [0.5, 0.6) is 0 Å². The lowest BCUT2D eigenvalue weighted by Gasteiger charge is -2.18. The predicted molar refractivity (Wildman–Crippen MR) is 363 cm³/mol.